The van der Waals surface area contributed by atoms with Gasteiger partial charge in [0.05, 0.1) is 0 Å². The Kier molecular flexibility index (Phi) is 5.01. The zero-order valence-electron chi connectivity index (χ0n) is 9.25. The van der Waals surface area contributed by atoms with Crippen LogP contribution in [0.2, 0.25) is 0 Å². The predicted molar refractivity (Wildman–Crippen MR) is 64.0 cm³/mol. The molecule has 5 heteroatoms. The first-order valence-corrected chi connectivity index (χ1v) is 6.09. The Morgan fingerprint density at radius 3 is 2.80 bits per heavy atom. The van der Waals surface area contributed by atoms with E-state index in [1.165, 1.54) is 11.3 Å². The lowest BCUT2D eigenvalue weighted by atomic mass is 9.96. The second-order valence-corrected chi connectivity index (χ2v) is 4.89. The Bertz CT molecular complexity index is 331. The minimum absolute atomic E-state index is 0.00559. The minimum Gasteiger partial charge on any atom is -0.330 e. The van der Waals surface area contributed by atoms with Gasteiger partial charge in [-0.1, -0.05) is 25.2 Å². The Hall–Kier alpha value is -0.650. The maximum Gasteiger partial charge on any atom is 0.304 e. The van der Waals surface area contributed by atoms with E-state index in [2.05, 4.69) is 24.1 Å². The Balaban J connectivity index is 2.29. The number of aromatic nitrogens is 1. The number of H-pyrrole nitrogens is 1. The molecular weight excluding hydrogens is 210 g/mol. The van der Waals surface area contributed by atoms with E-state index in [1.54, 1.807) is 0 Å². The van der Waals surface area contributed by atoms with Crippen LogP contribution in [-0.2, 0) is 6.54 Å². The van der Waals surface area contributed by atoms with E-state index in [4.69, 9.17) is 5.73 Å². The van der Waals surface area contributed by atoms with Gasteiger partial charge in [-0.15, -0.1) is 0 Å². The molecule has 0 aliphatic heterocycles. The van der Waals surface area contributed by atoms with E-state index in [0.717, 1.165) is 12.2 Å². The molecule has 0 amide bonds. The average Bonchev–Trinajstić information content (AvgIpc) is 2.58. The molecule has 1 heterocycles. The molecule has 0 radical (unpaired) electrons. The van der Waals surface area contributed by atoms with Gasteiger partial charge in [0.2, 0.25) is 0 Å². The van der Waals surface area contributed by atoms with Crippen LogP contribution in [0, 0.1) is 11.8 Å². The highest BCUT2D eigenvalue weighted by atomic mass is 32.1. The van der Waals surface area contributed by atoms with Crippen LogP contribution in [0.15, 0.2) is 10.2 Å². The molecule has 0 aromatic carbocycles. The summed E-state index contributed by atoms with van der Waals surface area (Å²) in [7, 11) is 0. The molecule has 1 aromatic rings. The Labute approximate surface area is 93.9 Å². The fraction of sp³-hybridized carbons (Fsp3) is 0.700. The molecule has 0 bridgehead atoms. The van der Waals surface area contributed by atoms with Gasteiger partial charge in [-0.25, -0.2) is 0 Å². The van der Waals surface area contributed by atoms with Gasteiger partial charge in [-0.2, -0.15) is 0 Å². The number of rotatable bonds is 6. The summed E-state index contributed by atoms with van der Waals surface area (Å²) in [6.07, 6.45) is 0. The van der Waals surface area contributed by atoms with Gasteiger partial charge in [0, 0.05) is 17.6 Å². The van der Waals surface area contributed by atoms with Crippen LogP contribution < -0.4 is 15.9 Å². The highest BCUT2D eigenvalue weighted by Gasteiger charge is 2.10. The standard InChI is InChI=1S/C10H19N3OS/c1-7(2)8(3-11)4-12-5-9-6-15-10(14)13-9/h6-8,12H,3-5,11H2,1-2H3,(H,13,14). The van der Waals surface area contributed by atoms with Crippen molar-refractivity contribution in [1.29, 1.82) is 0 Å². The maximum absolute atomic E-state index is 10.9. The van der Waals surface area contributed by atoms with Crippen LogP contribution >= 0.6 is 11.3 Å². The van der Waals surface area contributed by atoms with Crippen molar-refractivity contribution in [3.05, 3.63) is 20.7 Å². The van der Waals surface area contributed by atoms with E-state index in [-0.39, 0.29) is 4.87 Å². The summed E-state index contributed by atoms with van der Waals surface area (Å²) in [6.45, 7) is 6.65. The van der Waals surface area contributed by atoms with Crippen molar-refractivity contribution in [2.75, 3.05) is 13.1 Å². The normalized spacial score (nSPS) is 13.3. The van der Waals surface area contributed by atoms with Crippen molar-refractivity contribution >= 4 is 11.3 Å². The van der Waals surface area contributed by atoms with Crippen LogP contribution in [0.5, 0.6) is 0 Å². The molecule has 1 aromatic heterocycles. The molecule has 1 atom stereocenters. The van der Waals surface area contributed by atoms with Crippen LogP contribution in [0.3, 0.4) is 0 Å². The van der Waals surface area contributed by atoms with Gasteiger partial charge >= 0.3 is 4.87 Å². The predicted octanol–water partition coefficient (Wildman–Crippen LogP) is 0.757. The van der Waals surface area contributed by atoms with Crippen LogP contribution in [0.1, 0.15) is 19.5 Å². The third-order valence-electron chi connectivity index (χ3n) is 2.54. The SMILES string of the molecule is CC(C)C(CN)CNCc1csc(=O)[nH]1. The first kappa shape index (κ1) is 12.4. The van der Waals surface area contributed by atoms with Gasteiger partial charge in [0.15, 0.2) is 0 Å². The van der Waals surface area contributed by atoms with E-state index >= 15 is 0 Å². The van der Waals surface area contributed by atoms with Gasteiger partial charge in [0.1, 0.15) is 0 Å². The monoisotopic (exact) mass is 229 g/mol. The highest BCUT2D eigenvalue weighted by molar-refractivity contribution is 7.07. The molecule has 0 aliphatic carbocycles. The summed E-state index contributed by atoms with van der Waals surface area (Å²) in [5.41, 5.74) is 6.61. The molecule has 1 rings (SSSR count). The number of thiazole rings is 1. The lowest BCUT2D eigenvalue weighted by Crippen LogP contribution is -2.31. The van der Waals surface area contributed by atoms with Crippen LogP contribution in [0.4, 0.5) is 0 Å². The molecule has 0 fully saturated rings. The molecule has 1 unspecified atom stereocenters. The van der Waals surface area contributed by atoms with E-state index in [0.29, 0.717) is 24.9 Å². The first-order valence-electron chi connectivity index (χ1n) is 5.21. The molecule has 86 valence electrons. The number of hydrogen-bond acceptors (Lipinski definition) is 4. The van der Waals surface area contributed by atoms with Crippen LogP contribution in [-0.4, -0.2) is 18.1 Å². The highest BCUT2D eigenvalue weighted by Crippen LogP contribution is 2.07. The maximum atomic E-state index is 10.9. The molecule has 0 spiro atoms. The Morgan fingerprint density at radius 2 is 2.33 bits per heavy atom. The van der Waals surface area contributed by atoms with E-state index in [9.17, 15) is 4.79 Å². The summed E-state index contributed by atoms with van der Waals surface area (Å²) in [5.74, 6) is 1.08. The number of nitrogens with two attached hydrogens (primary N) is 1. The minimum atomic E-state index is 0.00559. The topological polar surface area (TPSA) is 70.9 Å². The van der Waals surface area contributed by atoms with Gasteiger partial charge in [0.25, 0.3) is 0 Å². The quantitative estimate of drug-likeness (QED) is 0.674. The molecule has 15 heavy (non-hydrogen) atoms. The van der Waals surface area contributed by atoms with Crippen molar-refractivity contribution in [2.45, 2.75) is 20.4 Å². The molecule has 0 saturated carbocycles. The van der Waals surface area contributed by atoms with Crippen molar-refractivity contribution in [3.8, 4) is 0 Å². The lowest BCUT2D eigenvalue weighted by Gasteiger charge is -2.18. The summed E-state index contributed by atoms with van der Waals surface area (Å²) in [6, 6.07) is 0. The van der Waals surface area contributed by atoms with Crippen molar-refractivity contribution in [2.24, 2.45) is 17.6 Å². The fourth-order valence-corrected chi connectivity index (χ4v) is 1.97. The molecular formula is C10H19N3OS. The summed E-state index contributed by atoms with van der Waals surface area (Å²) in [4.78, 5) is 13.6. The zero-order chi connectivity index (χ0) is 11.3. The zero-order valence-corrected chi connectivity index (χ0v) is 10.1. The number of nitrogens with one attached hydrogen (secondary N) is 2. The van der Waals surface area contributed by atoms with E-state index < -0.39 is 0 Å². The lowest BCUT2D eigenvalue weighted by molar-refractivity contribution is 0.370. The van der Waals surface area contributed by atoms with Crippen molar-refractivity contribution in [1.82, 2.24) is 10.3 Å². The molecule has 4 N–H and O–H groups in total. The third kappa shape index (κ3) is 4.15. The third-order valence-corrected chi connectivity index (χ3v) is 3.26. The summed E-state index contributed by atoms with van der Waals surface area (Å²) >= 11 is 1.20. The van der Waals surface area contributed by atoms with E-state index in [1.807, 2.05) is 5.38 Å². The smallest absolute Gasteiger partial charge is 0.304 e. The second kappa shape index (κ2) is 6.05. The number of hydrogen-bond donors (Lipinski definition) is 3. The van der Waals surface area contributed by atoms with Gasteiger partial charge in [-0.3, -0.25) is 4.79 Å². The molecule has 0 saturated heterocycles. The van der Waals surface area contributed by atoms with Crippen LogP contribution in [0.25, 0.3) is 0 Å². The Morgan fingerprint density at radius 1 is 1.60 bits per heavy atom. The van der Waals surface area contributed by atoms with Gasteiger partial charge in [-0.05, 0) is 24.9 Å². The largest absolute Gasteiger partial charge is 0.330 e. The number of aromatic amines is 1. The fourth-order valence-electron chi connectivity index (χ4n) is 1.38. The average molecular weight is 229 g/mol. The molecule has 4 nitrogen and oxygen atoms in total. The second-order valence-electron chi connectivity index (χ2n) is 4.04. The summed E-state index contributed by atoms with van der Waals surface area (Å²) < 4.78 is 0. The van der Waals surface area contributed by atoms with Crippen molar-refractivity contribution < 1.29 is 0 Å². The van der Waals surface area contributed by atoms with Gasteiger partial charge < -0.3 is 16.0 Å². The molecule has 0 aliphatic rings. The first-order chi connectivity index (χ1) is 7.13. The van der Waals surface area contributed by atoms with Crippen molar-refractivity contribution in [3.63, 3.8) is 0 Å². The summed E-state index contributed by atoms with van der Waals surface area (Å²) in [5, 5.41) is 5.15.